The number of hydrogen-bond acceptors (Lipinski definition) is 5. The summed E-state index contributed by atoms with van der Waals surface area (Å²) in [6, 6.07) is 0. The van der Waals surface area contributed by atoms with Crippen LogP contribution in [0.25, 0.3) is 0 Å². The predicted octanol–water partition coefficient (Wildman–Crippen LogP) is 1.91. The van der Waals surface area contributed by atoms with Gasteiger partial charge in [0.1, 0.15) is 0 Å². The Labute approximate surface area is 140 Å². The van der Waals surface area contributed by atoms with Crippen LogP contribution < -0.4 is 0 Å². The van der Waals surface area contributed by atoms with Crippen molar-refractivity contribution in [2.45, 2.75) is 12.8 Å². The van der Waals surface area contributed by atoms with Crippen molar-refractivity contribution >= 4 is 70.1 Å². The minimum atomic E-state index is 0.509. The normalized spacial score (nSPS) is 21.4. The SMILES string of the molecule is S=C(S)N(N1CCCC1)N(C(=S)S)N1CCSCC1. The number of hydrogen-bond donors (Lipinski definition) is 2. The molecule has 0 bridgehead atoms. The Morgan fingerprint density at radius 3 is 1.68 bits per heavy atom. The molecule has 19 heavy (non-hydrogen) atoms. The van der Waals surface area contributed by atoms with Crippen molar-refractivity contribution in [1.29, 1.82) is 0 Å². The molecule has 0 atom stereocenters. The predicted molar refractivity (Wildman–Crippen MR) is 96.6 cm³/mol. The highest BCUT2D eigenvalue weighted by Crippen LogP contribution is 2.21. The lowest BCUT2D eigenvalue weighted by Gasteiger charge is -2.46. The summed E-state index contributed by atoms with van der Waals surface area (Å²) in [7, 11) is 0. The van der Waals surface area contributed by atoms with E-state index in [0.717, 1.165) is 37.7 Å². The number of hydrazine groups is 3. The van der Waals surface area contributed by atoms with Crippen LogP contribution >= 0.6 is 61.5 Å². The molecule has 0 aromatic carbocycles. The van der Waals surface area contributed by atoms with E-state index in [1.54, 1.807) is 0 Å². The van der Waals surface area contributed by atoms with Gasteiger partial charge in [0.15, 0.2) is 8.64 Å². The summed E-state index contributed by atoms with van der Waals surface area (Å²) in [6.07, 6.45) is 2.35. The molecule has 4 nitrogen and oxygen atoms in total. The molecule has 2 heterocycles. The highest BCUT2D eigenvalue weighted by atomic mass is 32.2. The van der Waals surface area contributed by atoms with Crippen LogP contribution in [0.1, 0.15) is 12.8 Å². The van der Waals surface area contributed by atoms with E-state index in [1.807, 2.05) is 22.0 Å². The van der Waals surface area contributed by atoms with Crippen molar-refractivity contribution < 1.29 is 0 Å². The first-order valence-corrected chi connectivity index (χ1v) is 9.11. The summed E-state index contributed by atoms with van der Waals surface area (Å²) in [4.78, 5) is 0. The molecule has 0 spiro atoms. The van der Waals surface area contributed by atoms with Gasteiger partial charge in [-0.2, -0.15) is 32.0 Å². The van der Waals surface area contributed by atoms with E-state index in [-0.39, 0.29) is 0 Å². The molecular weight excluding hydrogens is 336 g/mol. The fourth-order valence-corrected chi connectivity index (χ4v) is 3.97. The molecular formula is C10H18N4S5. The number of thiocarbonyl (C=S) groups is 2. The molecule has 2 fully saturated rings. The van der Waals surface area contributed by atoms with E-state index in [9.17, 15) is 0 Å². The third-order valence-electron chi connectivity index (χ3n) is 3.13. The molecule has 0 amide bonds. The van der Waals surface area contributed by atoms with Crippen LogP contribution in [0.15, 0.2) is 0 Å². The van der Waals surface area contributed by atoms with Gasteiger partial charge in [-0.25, -0.2) is 0 Å². The Morgan fingerprint density at radius 2 is 1.26 bits per heavy atom. The van der Waals surface area contributed by atoms with Gasteiger partial charge < -0.3 is 0 Å². The Morgan fingerprint density at radius 1 is 0.842 bits per heavy atom. The molecule has 9 heteroatoms. The second-order valence-corrected chi connectivity index (χ2v) is 7.82. The Balaban J connectivity index is 2.17. The lowest BCUT2D eigenvalue weighted by atomic mass is 10.4. The van der Waals surface area contributed by atoms with Gasteiger partial charge in [0.25, 0.3) is 0 Å². The van der Waals surface area contributed by atoms with E-state index in [2.05, 4.69) is 35.3 Å². The summed E-state index contributed by atoms with van der Waals surface area (Å²) in [5.41, 5.74) is 0. The number of thiol groups is 2. The van der Waals surface area contributed by atoms with Crippen molar-refractivity contribution in [3.63, 3.8) is 0 Å². The summed E-state index contributed by atoms with van der Waals surface area (Å²) < 4.78 is 1.02. The van der Waals surface area contributed by atoms with Crippen molar-refractivity contribution in [3.05, 3.63) is 0 Å². The molecule has 0 N–H and O–H groups in total. The molecule has 108 valence electrons. The highest BCUT2D eigenvalue weighted by Gasteiger charge is 2.31. The zero-order valence-electron chi connectivity index (χ0n) is 10.6. The largest absolute Gasteiger partial charge is 0.199 e. The highest BCUT2D eigenvalue weighted by molar-refractivity contribution is 8.11. The van der Waals surface area contributed by atoms with Gasteiger partial charge in [-0.15, -0.1) is 25.3 Å². The van der Waals surface area contributed by atoms with E-state index in [4.69, 9.17) is 24.4 Å². The maximum atomic E-state index is 5.31. The summed E-state index contributed by atoms with van der Waals surface area (Å²) in [5.74, 6) is 2.19. The summed E-state index contributed by atoms with van der Waals surface area (Å²) >= 11 is 21.3. The quantitative estimate of drug-likeness (QED) is 0.441. The van der Waals surface area contributed by atoms with Crippen molar-refractivity contribution in [2.75, 3.05) is 37.7 Å². The molecule has 2 aliphatic rings. The van der Waals surface area contributed by atoms with Crippen LogP contribution in [0.2, 0.25) is 0 Å². The summed E-state index contributed by atoms with van der Waals surface area (Å²) in [5, 5.41) is 8.20. The summed E-state index contributed by atoms with van der Waals surface area (Å²) in [6.45, 7) is 3.87. The fraction of sp³-hybridized carbons (Fsp3) is 0.800. The van der Waals surface area contributed by atoms with Gasteiger partial charge in [0.05, 0.1) is 0 Å². The lowest BCUT2D eigenvalue weighted by molar-refractivity contribution is -0.168. The molecule has 0 aromatic heterocycles. The maximum absolute atomic E-state index is 5.31. The van der Waals surface area contributed by atoms with Crippen LogP contribution in [0.3, 0.4) is 0 Å². The van der Waals surface area contributed by atoms with E-state index < -0.39 is 0 Å². The molecule has 0 radical (unpaired) electrons. The first-order chi connectivity index (χ1) is 9.11. The van der Waals surface area contributed by atoms with E-state index in [1.165, 1.54) is 12.8 Å². The Kier molecular flexibility index (Phi) is 6.51. The minimum absolute atomic E-state index is 0.509. The average Bonchev–Trinajstić information content (AvgIpc) is 2.89. The first-order valence-electron chi connectivity index (χ1n) is 6.24. The molecule has 2 rings (SSSR count). The van der Waals surface area contributed by atoms with Gasteiger partial charge in [-0.3, -0.25) is 0 Å². The van der Waals surface area contributed by atoms with Crippen molar-refractivity contribution in [3.8, 4) is 0 Å². The van der Waals surface area contributed by atoms with Crippen LogP contribution in [-0.2, 0) is 0 Å². The van der Waals surface area contributed by atoms with Gasteiger partial charge in [-0.05, 0) is 37.3 Å². The van der Waals surface area contributed by atoms with E-state index >= 15 is 0 Å². The first kappa shape index (κ1) is 16.1. The molecule has 2 saturated heterocycles. The Hall–Kier alpha value is 0.750. The number of thioether (sulfide) groups is 1. The zero-order valence-corrected chi connectivity index (χ0v) is 14.8. The second kappa shape index (κ2) is 7.67. The van der Waals surface area contributed by atoms with Crippen molar-refractivity contribution in [1.82, 2.24) is 20.3 Å². The standard InChI is InChI=1S/C10H18N4S5/c15-9(16)13(11-3-1-2-4-11)14(10(17)18)12-5-7-19-8-6-12/h1-8H2,(H,15,16)(H,17,18). The molecule has 0 unspecified atom stereocenters. The molecule has 0 aromatic rings. The minimum Gasteiger partial charge on any atom is -0.199 e. The van der Waals surface area contributed by atoms with Gasteiger partial charge >= 0.3 is 0 Å². The molecule has 0 saturated carbocycles. The molecule has 0 aliphatic carbocycles. The van der Waals surface area contributed by atoms with Crippen molar-refractivity contribution in [2.24, 2.45) is 0 Å². The van der Waals surface area contributed by atoms with E-state index in [0.29, 0.717) is 8.64 Å². The zero-order chi connectivity index (χ0) is 13.8. The molecule has 2 aliphatic heterocycles. The topological polar surface area (TPSA) is 13.0 Å². The number of nitrogens with zero attached hydrogens (tertiary/aromatic N) is 4. The van der Waals surface area contributed by atoms with Crippen LogP contribution in [0.4, 0.5) is 0 Å². The Bertz CT molecular complexity index is 341. The fourth-order valence-electron chi connectivity index (χ4n) is 2.28. The average molecular weight is 355 g/mol. The van der Waals surface area contributed by atoms with Gasteiger partial charge in [0, 0.05) is 37.7 Å². The van der Waals surface area contributed by atoms with Crippen LogP contribution in [-0.4, -0.2) is 66.6 Å². The number of rotatable bonds is 2. The maximum Gasteiger partial charge on any atom is 0.171 e. The second-order valence-electron chi connectivity index (χ2n) is 4.37. The lowest BCUT2D eigenvalue weighted by Crippen LogP contribution is -2.62. The third-order valence-corrected chi connectivity index (χ3v) is 4.75. The van der Waals surface area contributed by atoms with Gasteiger partial charge in [-0.1, -0.05) is 0 Å². The third kappa shape index (κ3) is 4.12. The van der Waals surface area contributed by atoms with Crippen LogP contribution in [0.5, 0.6) is 0 Å². The monoisotopic (exact) mass is 354 g/mol. The van der Waals surface area contributed by atoms with Gasteiger partial charge in [0.2, 0.25) is 0 Å². The van der Waals surface area contributed by atoms with Crippen LogP contribution in [0, 0.1) is 0 Å². The smallest absolute Gasteiger partial charge is 0.171 e.